The number of hydrogen-bond donors (Lipinski definition) is 1. The average molecular weight is 231 g/mol. The lowest BCUT2D eigenvalue weighted by Crippen LogP contribution is -2.44. The molecule has 5 heteroatoms. The fraction of sp³-hybridized carbons (Fsp3) is 0.500. The molecule has 0 aromatic carbocycles. The van der Waals surface area contributed by atoms with Crippen molar-refractivity contribution in [2.75, 3.05) is 38.1 Å². The number of aromatic amines is 1. The summed E-state index contributed by atoms with van der Waals surface area (Å²) in [5, 5.41) is 1.13. The summed E-state index contributed by atoms with van der Waals surface area (Å²) in [4.78, 5) is 16.7. The molecule has 0 spiro atoms. The molecule has 1 fully saturated rings. The van der Waals surface area contributed by atoms with Crippen molar-refractivity contribution in [3.63, 3.8) is 0 Å². The predicted molar refractivity (Wildman–Crippen MR) is 68.3 cm³/mol. The van der Waals surface area contributed by atoms with E-state index < -0.39 is 0 Å². The number of nitrogens with zero attached hydrogens (tertiary/aromatic N) is 4. The second-order valence-electron chi connectivity index (χ2n) is 4.70. The zero-order valence-corrected chi connectivity index (χ0v) is 10.3. The van der Waals surface area contributed by atoms with Crippen LogP contribution in [-0.2, 0) is 0 Å². The van der Waals surface area contributed by atoms with Gasteiger partial charge in [0.05, 0.1) is 5.39 Å². The van der Waals surface area contributed by atoms with Gasteiger partial charge in [-0.1, -0.05) is 0 Å². The van der Waals surface area contributed by atoms with Crippen molar-refractivity contribution in [1.29, 1.82) is 0 Å². The maximum absolute atomic E-state index is 4.45. The number of nitrogens with one attached hydrogen (secondary N) is 1. The maximum Gasteiger partial charge on any atom is 0.143 e. The molecule has 0 saturated carbocycles. The van der Waals surface area contributed by atoms with Crippen LogP contribution in [0.5, 0.6) is 0 Å². The molecule has 3 heterocycles. The molecule has 0 atom stereocenters. The standard InChI is InChI=1S/C12H17N5/c1-9-7-10-11(15-9)13-8-14-12(10)17-5-3-16(2)4-6-17/h7-8H,3-6H2,1-2H3,(H,13,14,15). The lowest BCUT2D eigenvalue weighted by Gasteiger charge is -2.33. The van der Waals surface area contributed by atoms with Crippen LogP contribution < -0.4 is 4.90 Å². The van der Waals surface area contributed by atoms with E-state index in [0.717, 1.165) is 48.7 Å². The summed E-state index contributed by atoms with van der Waals surface area (Å²) in [7, 11) is 2.16. The van der Waals surface area contributed by atoms with Gasteiger partial charge in [-0.15, -0.1) is 0 Å². The van der Waals surface area contributed by atoms with Crippen molar-refractivity contribution in [1.82, 2.24) is 19.9 Å². The molecule has 3 rings (SSSR count). The van der Waals surface area contributed by atoms with Gasteiger partial charge < -0.3 is 14.8 Å². The van der Waals surface area contributed by atoms with Crippen LogP contribution in [-0.4, -0.2) is 53.1 Å². The first-order valence-electron chi connectivity index (χ1n) is 5.98. The Morgan fingerprint density at radius 2 is 1.94 bits per heavy atom. The molecule has 1 N–H and O–H groups in total. The number of likely N-dealkylation sites (N-methyl/N-ethyl adjacent to an activating group) is 1. The highest BCUT2D eigenvalue weighted by atomic mass is 15.3. The third-order valence-corrected chi connectivity index (χ3v) is 3.34. The highest BCUT2D eigenvalue weighted by Crippen LogP contribution is 2.24. The van der Waals surface area contributed by atoms with E-state index in [1.54, 1.807) is 6.33 Å². The molecule has 17 heavy (non-hydrogen) atoms. The molecule has 2 aromatic rings. The second kappa shape index (κ2) is 4.00. The minimum absolute atomic E-state index is 0.937. The number of piperazine rings is 1. The molecule has 0 amide bonds. The Balaban J connectivity index is 1.99. The van der Waals surface area contributed by atoms with Gasteiger partial charge in [0.1, 0.15) is 17.8 Å². The number of H-pyrrole nitrogens is 1. The highest BCUT2D eigenvalue weighted by molar-refractivity contribution is 5.88. The Labute approximate surface area is 100 Å². The lowest BCUT2D eigenvalue weighted by molar-refractivity contribution is 0.312. The van der Waals surface area contributed by atoms with Crippen LogP contribution in [0, 0.1) is 6.92 Å². The molecule has 0 aliphatic carbocycles. The second-order valence-corrected chi connectivity index (χ2v) is 4.70. The predicted octanol–water partition coefficient (Wildman–Crippen LogP) is 1.02. The number of aryl methyl sites for hydroxylation is 1. The summed E-state index contributed by atoms with van der Waals surface area (Å²) >= 11 is 0. The Bertz CT molecular complexity index is 525. The number of aromatic nitrogens is 3. The summed E-state index contributed by atoms with van der Waals surface area (Å²) in [5.74, 6) is 1.06. The average Bonchev–Trinajstić information content (AvgIpc) is 2.70. The molecule has 1 saturated heterocycles. The molecule has 5 nitrogen and oxygen atoms in total. The summed E-state index contributed by atoms with van der Waals surface area (Å²) < 4.78 is 0. The van der Waals surface area contributed by atoms with Gasteiger partial charge in [0.2, 0.25) is 0 Å². The summed E-state index contributed by atoms with van der Waals surface area (Å²) in [5.41, 5.74) is 2.07. The van der Waals surface area contributed by atoms with Gasteiger partial charge in [-0.25, -0.2) is 9.97 Å². The zero-order chi connectivity index (χ0) is 11.8. The largest absolute Gasteiger partial charge is 0.353 e. The van der Waals surface area contributed by atoms with Crippen LogP contribution in [0.25, 0.3) is 11.0 Å². The van der Waals surface area contributed by atoms with E-state index in [-0.39, 0.29) is 0 Å². The van der Waals surface area contributed by atoms with Crippen molar-refractivity contribution >= 4 is 16.9 Å². The molecule has 2 aromatic heterocycles. The van der Waals surface area contributed by atoms with Crippen LogP contribution in [0.15, 0.2) is 12.4 Å². The lowest BCUT2D eigenvalue weighted by atomic mass is 10.3. The zero-order valence-electron chi connectivity index (χ0n) is 10.3. The van der Waals surface area contributed by atoms with E-state index >= 15 is 0 Å². The normalized spacial score (nSPS) is 17.9. The van der Waals surface area contributed by atoms with Crippen LogP contribution in [0.2, 0.25) is 0 Å². The first-order valence-corrected chi connectivity index (χ1v) is 5.98. The summed E-state index contributed by atoms with van der Waals surface area (Å²) in [6, 6.07) is 2.13. The van der Waals surface area contributed by atoms with Gasteiger partial charge >= 0.3 is 0 Å². The third-order valence-electron chi connectivity index (χ3n) is 3.34. The molecule has 1 aliphatic rings. The third kappa shape index (κ3) is 1.86. The van der Waals surface area contributed by atoms with Crippen LogP contribution >= 0.6 is 0 Å². The van der Waals surface area contributed by atoms with E-state index in [9.17, 15) is 0 Å². The Hall–Kier alpha value is -1.62. The van der Waals surface area contributed by atoms with Crippen LogP contribution in [0.1, 0.15) is 5.69 Å². The summed E-state index contributed by atoms with van der Waals surface area (Å²) in [6.45, 7) is 6.30. The van der Waals surface area contributed by atoms with Crippen molar-refractivity contribution in [2.24, 2.45) is 0 Å². The monoisotopic (exact) mass is 231 g/mol. The van der Waals surface area contributed by atoms with E-state index in [1.807, 2.05) is 0 Å². The SMILES string of the molecule is Cc1cc2c(N3CCN(C)CC3)ncnc2[nH]1. The number of rotatable bonds is 1. The van der Waals surface area contributed by atoms with Crippen molar-refractivity contribution in [3.05, 3.63) is 18.1 Å². The van der Waals surface area contributed by atoms with Gasteiger partial charge in [0.25, 0.3) is 0 Å². The number of anilines is 1. The smallest absolute Gasteiger partial charge is 0.143 e. The first-order chi connectivity index (χ1) is 8.24. The van der Waals surface area contributed by atoms with Gasteiger partial charge in [-0.2, -0.15) is 0 Å². The number of hydrogen-bond acceptors (Lipinski definition) is 4. The molecular weight excluding hydrogens is 214 g/mol. The van der Waals surface area contributed by atoms with Gasteiger partial charge in [-0.05, 0) is 20.0 Å². The molecule has 0 radical (unpaired) electrons. The fourth-order valence-corrected chi connectivity index (χ4v) is 2.33. The minimum atomic E-state index is 0.937. The van der Waals surface area contributed by atoms with Gasteiger partial charge in [0.15, 0.2) is 0 Å². The molecule has 90 valence electrons. The van der Waals surface area contributed by atoms with Crippen LogP contribution in [0.3, 0.4) is 0 Å². The van der Waals surface area contributed by atoms with Gasteiger partial charge in [-0.3, -0.25) is 0 Å². The molecular formula is C12H17N5. The molecule has 1 aliphatic heterocycles. The number of fused-ring (bicyclic) bond motifs is 1. The van der Waals surface area contributed by atoms with E-state index in [4.69, 9.17) is 0 Å². The Morgan fingerprint density at radius 3 is 2.71 bits per heavy atom. The first kappa shape index (κ1) is 10.5. The molecule has 0 bridgehead atoms. The topological polar surface area (TPSA) is 48.1 Å². The van der Waals surface area contributed by atoms with Crippen molar-refractivity contribution in [2.45, 2.75) is 6.92 Å². The Morgan fingerprint density at radius 1 is 1.18 bits per heavy atom. The van der Waals surface area contributed by atoms with E-state index in [1.165, 1.54) is 0 Å². The summed E-state index contributed by atoms with van der Waals surface area (Å²) in [6.07, 6.45) is 1.64. The Kier molecular flexibility index (Phi) is 2.48. The fourth-order valence-electron chi connectivity index (χ4n) is 2.33. The minimum Gasteiger partial charge on any atom is -0.353 e. The van der Waals surface area contributed by atoms with Crippen molar-refractivity contribution < 1.29 is 0 Å². The van der Waals surface area contributed by atoms with E-state index in [2.05, 4.69) is 44.8 Å². The molecule has 0 unspecified atom stereocenters. The quantitative estimate of drug-likeness (QED) is 0.796. The van der Waals surface area contributed by atoms with Crippen LogP contribution in [0.4, 0.5) is 5.82 Å². The maximum atomic E-state index is 4.45. The van der Waals surface area contributed by atoms with Crippen molar-refractivity contribution in [3.8, 4) is 0 Å². The van der Waals surface area contributed by atoms with E-state index in [0.29, 0.717) is 0 Å². The van der Waals surface area contributed by atoms with Gasteiger partial charge in [0, 0.05) is 31.9 Å². The highest BCUT2D eigenvalue weighted by Gasteiger charge is 2.18.